The third kappa shape index (κ3) is 1.69. The van der Waals surface area contributed by atoms with Crippen LogP contribution in [0, 0.1) is 0 Å². The molecule has 0 bridgehead atoms. The largest absolute Gasteiger partial charge is 0.384 e. The highest BCUT2D eigenvalue weighted by molar-refractivity contribution is 5.81. The predicted octanol–water partition coefficient (Wildman–Crippen LogP) is -0.609. The van der Waals surface area contributed by atoms with E-state index in [0.717, 1.165) is 0 Å². The van der Waals surface area contributed by atoms with E-state index in [1.54, 1.807) is 6.08 Å². The zero-order chi connectivity index (χ0) is 14.3. The van der Waals surface area contributed by atoms with Gasteiger partial charge >= 0.3 is 0 Å². The Morgan fingerprint density at radius 3 is 3.05 bits per heavy atom. The van der Waals surface area contributed by atoms with Crippen LogP contribution in [0.5, 0.6) is 0 Å². The highest BCUT2D eigenvalue weighted by Gasteiger charge is 2.44. The molecule has 1 aliphatic rings. The number of anilines is 1. The molecule has 106 valence electrons. The maximum absolute atomic E-state index is 10.8. The fourth-order valence-electron chi connectivity index (χ4n) is 2.47. The van der Waals surface area contributed by atoms with Crippen molar-refractivity contribution in [3.05, 3.63) is 24.3 Å². The SMILES string of the molecule is COCC1=CCC(O)(n2cnc3c(N)ncnc32)C1O. The molecule has 0 radical (unpaired) electrons. The molecule has 20 heavy (non-hydrogen) atoms. The monoisotopic (exact) mass is 277 g/mol. The second kappa shape index (κ2) is 4.51. The lowest BCUT2D eigenvalue weighted by atomic mass is 10.1. The van der Waals surface area contributed by atoms with Crippen LogP contribution in [0.1, 0.15) is 6.42 Å². The van der Waals surface area contributed by atoms with Crippen LogP contribution in [0.4, 0.5) is 5.82 Å². The van der Waals surface area contributed by atoms with Gasteiger partial charge in [0.05, 0.1) is 12.9 Å². The Morgan fingerprint density at radius 2 is 2.30 bits per heavy atom. The number of nitrogens with two attached hydrogens (primary N) is 1. The van der Waals surface area contributed by atoms with Crippen LogP contribution in [0.25, 0.3) is 11.2 Å². The third-order valence-corrected chi connectivity index (χ3v) is 3.54. The number of aromatic nitrogens is 4. The summed E-state index contributed by atoms with van der Waals surface area (Å²) in [6.07, 6.45) is 3.61. The van der Waals surface area contributed by atoms with Gasteiger partial charge in [0, 0.05) is 13.5 Å². The van der Waals surface area contributed by atoms with Gasteiger partial charge in [-0.25, -0.2) is 15.0 Å². The molecule has 0 aliphatic heterocycles. The van der Waals surface area contributed by atoms with E-state index < -0.39 is 11.8 Å². The predicted molar refractivity (Wildman–Crippen MR) is 70.5 cm³/mol. The van der Waals surface area contributed by atoms with E-state index in [1.165, 1.54) is 24.3 Å². The lowest BCUT2D eigenvalue weighted by Gasteiger charge is -2.29. The summed E-state index contributed by atoms with van der Waals surface area (Å²) in [5, 5.41) is 21.1. The Bertz CT molecular complexity index is 683. The van der Waals surface area contributed by atoms with Crippen molar-refractivity contribution in [2.45, 2.75) is 18.2 Å². The molecule has 8 nitrogen and oxygen atoms in total. The number of rotatable bonds is 3. The summed E-state index contributed by atoms with van der Waals surface area (Å²) >= 11 is 0. The molecule has 3 rings (SSSR count). The number of methoxy groups -OCH3 is 1. The first-order chi connectivity index (χ1) is 9.58. The Balaban J connectivity index is 2.06. The molecule has 8 heteroatoms. The maximum Gasteiger partial charge on any atom is 0.178 e. The smallest absolute Gasteiger partial charge is 0.178 e. The highest BCUT2D eigenvalue weighted by atomic mass is 16.5. The van der Waals surface area contributed by atoms with Crippen molar-refractivity contribution in [2.75, 3.05) is 19.5 Å². The standard InChI is InChI=1S/C12H15N5O3/c1-20-4-7-2-3-12(19,9(7)18)17-6-16-8-10(13)14-5-15-11(8)17/h2,5-6,9,18-19H,3-4H2,1H3,(H2,13,14,15). The van der Waals surface area contributed by atoms with Crippen molar-refractivity contribution in [3.8, 4) is 0 Å². The number of hydrogen-bond donors (Lipinski definition) is 3. The Kier molecular flexibility index (Phi) is 2.93. The summed E-state index contributed by atoms with van der Waals surface area (Å²) < 4.78 is 6.42. The number of nitrogens with zero attached hydrogens (tertiary/aromatic N) is 4. The second-order valence-corrected chi connectivity index (χ2v) is 4.74. The molecular weight excluding hydrogens is 262 g/mol. The van der Waals surface area contributed by atoms with Gasteiger partial charge in [-0.1, -0.05) is 6.08 Å². The zero-order valence-corrected chi connectivity index (χ0v) is 10.9. The summed E-state index contributed by atoms with van der Waals surface area (Å²) in [7, 11) is 1.53. The van der Waals surface area contributed by atoms with Crippen LogP contribution in [0.3, 0.4) is 0 Å². The second-order valence-electron chi connectivity index (χ2n) is 4.74. The number of aliphatic hydroxyl groups is 2. The van der Waals surface area contributed by atoms with Gasteiger partial charge in [-0.05, 0) is 5.57 Å². The van der Waals surface area contributed by atoms with Crippen LogP contribution < -0.4 is 5.73 Å². The first-order valence-electron chi connectivity index (χ1n) is 6.10. The highest BCUT2D eigenvalue weighted by Crippen LogP contribution is 2.36. The molecule has 2 aromatic rings. The normalized spacial score (nSPS) is 26.1. The van der Waals surface area contributed by atoms with Crippen molar-refractivity contribution < 1.29 is 14.9 Å². The van der Waals surface area contributed by atoms with Crippen molar-refractivity contribution in [2.24, 2.45) is 0 Å². The van der Waals surface area contributed by atoms with Gasteiger partial charge in [0.1, 0.15) is 17.9 Å². The Hall–Kier alpha value is -2.03. The molecule has 0 aromatic carbocycles. The van der Waals surface area contributed by atoms with E-state index in [4.69, 9.17) is 10.5 Å². The molecule has 0 saturated heterocycles. The summed E-state index contributed by atoms with van der Waals surface area (Å²) in [6, 6.07) is 0. The van der Waals surface area contributed by atoms with E-state index in [2.05, 4.69) is 15.0 Å². The van der Waals surface area contributed by atoms with Gasteiger partial charge in [-0.15, -0.1) is 0 Å². The van der Waals surface area contributed by atoms with E-state index in [0.29, 0.717) is 16.7 Å². The minimum Gasteiger partial charge on any atom is -0.384 e. The fourth-order valence-corrected chi connectivity index (χ4v) is 2.47. The van der Waals surface area contributed by atoms with Crippen LogP contribution in [0.15, 0.2) is 24.3 Å². The molecule has 2 heterocycles. The van der Waals surface area contributed by atoms with Crippen molar-refractivity contribution in [3.63, 3.8) is 0 Å². The molecule has 4 N–H and O–H groups in total. The minimum absolute atomic E-state index is 0.231. The number of ether oxygens (including phenoxy) is 1. The minimum atomic E-state index is -1.54. The molecular formula is C12H15N5O3. The molecule has 1 aliphatic carbocycles. The fraction of sp³-hybridized carbons (Fsp3) is 0.417. The maximum atomic E-state index is 10.8. The molecule has 2 atom stereocenters. The number of nitrogen functional groups attached to an aromatic ring is 1. The lowest BCUT2D eigenvalue weighted by molar-refractivity contribution is -0.107. The average molecular weight is 277 g/mol. The van der Waals surface area contributed by atoms with Gasteiger partial charge in [0.2, 0.25) is 0 Å². The van der Waals surface area contributed by atoms with Gasteiger partial charge in [-0.2, -0.15) is 0 Å². The van der Waals surface area contributed by atoms with Crippen molar-refractivity contribution in [1.82, 2.24) is 19.5 Å². The van der Waals surface area contributed by atoms with Gasteiger partial charge < -0.3 is 20.7 Å². The average Bonchev–Trinajstić information content (AvgIpc) is 2.98. The van der Waals surface area contributed by atoms with Crippen LogP contribution >= 0.6 is 0 Å². The van der Waals surface area contributed by atoms with Crippen LogP contribution in [0.2, 0.25) is 0 Å². The Labute approximate surface area is 114 Å². The van der Waals surface area contributed by atoms with Crippen LogP contribution in [-0.4, -0.2) is 49.6 Å². The van der Waals surface area contributed by atoms with E-state index in [1.807, 2.05) is 0 Å². The summed E-state index contributed by atoms with van der Waals surface area (Å²) in [5.41, 5.74) is 5.58. The molecule has 0 saturated carbocycles. The number of aliphatic hydroxyl groups excluding tert-OH is 1. The quantitative estimate of drug-likeness (QED) is 0.640. The molecule has 2 unspecified atom stereocenters. The van der Waals surface area contributed by atoms with Crippen LogP contribution in [-0.2, 0) is 10.5 Å². The van der Waals surface area contributed by atoms with E-state index in [-0.39, 0.29) is 18.8 Å². The number of imidazole rings is 1. The van der Waals surface area contributed by atoms with Gasteiger partial charge in [0.25, 0.3) is 0 Å². The molecule has 0 fully saturated rings. The third-order valence-electron chi connectivity index (χ3n) is 3.54. The Morgan fingerprint density at radius 1 is 1.50 bits per heavy atom. The zero-order valence-electron chi connectivity index (χ0n) is 10.9. The molecule has 0 amide bonds. The van der Waals surface area contributed by atoms with E-state index in [9.17, 15) is 10.2 Å². The first kappa shape index (κ1) is 13.0. The van der Waals surface area contributed by atoms with Gasteiger partial charge in [-0.3, -0.25) is 4.57 Å². The topological polar surface area (TPSA) is 119 Å². The summed E-state index contributed by atoms with van der Waals surface area (Å²) in [5.74, 6) is 0.231. The lowest BCUT2D eigenvalue weighted by Crippen LogP contribution is -2.42. The first-order valence-corrected chi connectivity index (χ1v) is 6.10. The van der Waals surface area contributed by atoms with Crippen molar-refractivity contribution >= 4 is 17.0 Å². The summed E-state index contributed by atoms with van der Waals surface area (Å²) in [6.45, 7) is 0.257. The van der Waals surface area contributed by atoms with Gasteiger partial charge in [0.15, 0.2) is 17.2 Å². The molecule has 2 aromatic heterocycles. The number of fused-ring (bicyclic) bond motifs is 1. The number of hydrogen-bond acceptors (Lipinski definition) is 7. The van der Waals surface area contributed by atoms with Crippen molar-refractivity contribution in [1.29, 1.82) is 0 Å². The van der Waals surface area contributed by atoms with E-state index >= 15 is 0 Å². The summed E-state index contributed by atoms with van der Waals surface area (Å²) in [4.78, 5) is 12.0. The molecule has 0 spiro atoms.